The molecule has 0 radical (unpaired) electrons. The van der Waals surface area contributed by atoms with E-state index in [1.54, 1.807) is 11.3 Å². The van der Waals surface area contributed by atoms with Crippen LogP contribution in [0.3, 0.4) is 0 Å². The molecule has 0 bridgehead atoms. The van der Waals surface area contributed by atoms with E-state index in [0.29, 0.717) is 13.0 Å². The highest BCUT2D eigenvalue weighted by molar-refractivity contribution is 7.09. The number of nitrogens with two attached hydrogens (primary N) is 1. The van der Waals surface area contributed by atoms with E-state index in [1.165, 1.54) is 6.07 Å². The highest BCUT2D eigenvalue weighted by Gasteiger charge is 2.35. The summed E-state index contributed by atoms with van der Waals surface area (Å²) < 4.78 is 37.8. The van der Waals surface area contributed by atoms with E-state index < -0.39 is 12.0 Å². The summed E-state index contributed by atoms with van der Waals surface area (Å²) in [6, 6.07) is 5.20. The summed E-state index contributed by atoms with van der Waals surface area (Å²) in [6.07, 6.45) is -3.91. The van der Waals surface area contributed by atoms with Crippen LogP contribution in [0.2, 0.25) is 0 Å². The molecule has 20 heavy (non-hydrogen) atoms. The molecule has 0 saturated heterocycles. The third kappa shape index (κ3) is 3.81. The number of aromatic nitrogens is 2. The molecule has 9 heteroatoms. The Morgan fingerprint density at radius 1 is 1.25 bits per heavy atom. The van der Waals surface area contributed by atoms with Crippen LogP contribution < -0.4 is 16.6 Å². The van der Waals surface area contributed by atoms with Gasteiger partial charge in [-0.05, 0) is 17.9 Å². The first-order valence-electron chi connectivity index (χ1n) is 5.68. The Labute approximate surface area is 117 Å². The lowest BCUT2D eigenvalue weighted by Gasteiger charge is -2.11. The van der Waals surface area contributed by atoms with Gasteiger partial charge in [0.1, 0.15) is 11.6 Å². The third-order valence-corrected chi connectivity index (χ3v) is 3.32. The minimum absolute atomic E-state index is 0.0804. The third-order valence-electron chi connectivity index (χ3n) is 2.39. The molecule has 0 fully saturated rings. The van der Waals surface area contributed by atoms with E-state index in [4.69, 9.17) is 5.84 Å². The molecule has 0 spiro atoms. The van der Waals surface area contributed by atoms with Crippen LogP contribution in [0.15, 0.2) is 23.6 Å². The summed E-state index contributed by atoms with van der Waals surface area (Å²) in [5.74, 6) is 3.86. The largest absolute Gasteiger partial charge is 0.451 e. The van der Waals surface area contributed by atoms with Crippen molar-refractivity contribution >= 4 is 23.0 Å². The summed E-state index contributed by atoms with van der Waals surface area (Å²) in [7, 11) is 0. The van der Waals surface area contributed by atoms with Crippen LogP contribution in [-0.2, 0) is 12.6 Å². The van der Waals surface area contributed by atoms with Crippen molar-refractivity contribution in [2.45, 2.75) is 12.6 Å². The van der Waals surface area contributed by atoms with Gasteiger partial charge in [-0.2, -0.15) is 13.2 Å². The normalized spacial score (nSPS) is 11.4. The molecule has 108 valence electrons. The summed E-state index contributed by atoms with van der Waals surface area (Å²) >= 11 is 1.59. The standard InChI is InChI=1S/C11H12F3N5S/c12-11(13,14)10-17-8(6-9(18-10)19-15)16-4-3-7-2-1-5-20-7/h1-2,5-6H,3-4,15H2,(H2,16,17,18,19). The topological polar surface area (TPSA) is 75.9 Å². The van der Waals surface area contributed by atoms with E-state index in [1.807, 2.05) is 17.5 Å². The second kappa shape index (κ2) is 6.06. The van der Waals surface area contributed by atoms with Crippen molar-refractivity contribution in [1.29, 1.82) is 0 Å². The van der Waals surface area contributed by atoms with Crippen LogP contribution in [-0.4, -0.2) is 16.5 Å². The quantitative estimate of drug-likeness (QED) is 0.584. The molecular weight excluding hydrogens is 291 g/mol. The Balaban J connectivity index is 2.06. The zero-order chi connectivity index (χ0) is 14.6. The Hall–Kier alpha value is -1.87. The smallest absolute Gasteiger partial charge is 0.370 e. The van der Waals surface area contributed by atoms with Crippen LogP contribution in [0, 0.1) is 0 Å². The average Bonchev–Trinajstić information content (AvgIpc) is 2.90. The van der Waals surface area contributed by atoms with Gasteiger partial charge in [-0.3, -0.25) is 0 Å². The van der Waals surface area contributed by atoms with E-state index in [0.717, 1.165) is 4.88 Å². The fourth-order valence-electron chi connectivity index (χ4n) is 1.51. The van der Waals surface area contributed by atoms with Crippen molar-refractivity contribution in [3.8, 4) is 0 Å². The molecule has 0 amide bonds. The Bertz CT molecular complexity index is 556. The van der Waals surface area contributed by atoms with E-state index in [2.05, 4.69) is 20.7 Å². The molecule has 2 aromatic heterocycles. The number of nitrogens with zero attached hydrogens (tertiary/aromatic N) is 2. The van der Waals surface area contributed by atoms with Crippen molar-refractivity contribution < 1.29 is 13.2 Å². The predicted molar refractivity (Wildman–Crippen MR) is 71.4 cm³/mol. The molecule has 0 aliphatic heterocycles. The molecule has 0 saturated carbocycles. The number of hydrogen-bond donors (Lipinski definition) is 3. The van der Waals surface area contributed by atoms with Gasteiger partial charge in [-0.1, -0.05) is 6.07 Å². The molecule has 0 aliphatic rings. The summed E-state index contributed by atoms with van der Waals surface area (Å²) in [5.41, 5.74) is 2.09. The predicted octanol–water partition coefficient (Wildman–Crippen LogP) is 2.50. The van der Waals surface area contributed by atoms with Crippen LogP contribution in [0.1, 0.15) is 10.7 Å². The number of hydrogen-bond acceptors (Lipinski definition) is 6. The highest BCUT2D eigenvalue weighted by Crippen LogP contribution is 2.28. The lowest BCUT2D eigenvalue weighted by Crippen LogP contribution is -2.17. The lowest BCUT2D eigenvalue weighted by molar-refractivity contribution is -0.144. The minimum atomic E-state index is -4.61. The first kappa shape index (κ1) is 14.5. The van der Waals surface area contributed by atoms with Crippen molar-refractivity contribution in [3.63, 3.8) is 0 Å². The molecule has 0 aromatic carbocycles. The van der Waals surface area contributed by atoms with Crippen LogP contribution >= 0.6 is 11.3 Å². The maximum atomic E-state index is 12.6. The van der Waals surface area contributed by atoms with Crippen LogP contribution in [0.25, 0.3) is 0 Å². The van der Waals surface area contributed by atoms with Gasteiger partial charge >= 0.3 is 6.18 Å². The SMILES string of the molecule is NNc1cc(NCCc2cccs2)nc(C(F)(F)F)n1. The van der Waals surface area contributed by atoms with Gasteiger partial charge in [0, 0.05) is 17.5 Å². The van der Waals surface area contributed by atoms with E-state index in [-0.39, 0.29) is 11.6 Å². The number of rotatable bonds is 5. The fourth-order valence-corrected chi connectivity index (χ4v) is 2.22. The maximum absolute atomic E-state index is 12.6. The first-order chi connectivity index (χ1) is 9.49. The maximum Gasteiger partial charge on any atom is 0.451 e. The zero-order valence-electron chi connectivity index (χ0n) is 10.2. The number of anilines is 2. The molecule has 4 N–H and O–H groups in total. The van der Waals surface area contributed by atoms with E-state index >= 15 is 0 Å². The number of nitrogens with one attached hydrogen (secondary N) is 2. The van der Waals surface area contributed by atoms with Gasteiger partial charge in [0.2, 0.25) is 5.82 Å². The zero-order valence-corrected chi connectivity index (χ0v) is 11.1. The fraction of sp³-hybridized carbons (Fsp3) is 0.273. The van der Waals surface area contributed by atoms with Crippen LogP contribution in [0.4, 0.5) is 24.8 Å². The summed E-state index contributed by atoms with van der Waals surface area (Å²) in [4.78, 5) is 7.84. The number of halogens is 3. The molecule has 2 rings (SSSR count). The minimum Gasteiger partial charge on any atom is -0.370 e. The van der Waals surface area contributed by atoms with Gasteiger partial charge in [0.25, 0.3) is 0 Å². The Morgan fingerprint density at radius 2 is 2.00 bits per heavy atom. The highest BCUT2D eigenvalue weighted by atomic mass is 32.1. The Kier molecular flexibility index (Phi) is 4.40. The van der Waals surface area contributed by atoms with Gasteiger partial charge in [-0.25, -0.2) is 15.8 Å². The van der Waals surface area contributed by atoms with Crippen molar-refractivity contribution in [3.05, 3.63) is 34.3 Å². The second-order valence-corrected chi connectivity index (χ2v) is 4.89. The van der Waals surface area contributed by atoms with Gasteiger partial charge < -0.3 is 10.7 Å². The number of alkyl halides is 3. The van der Waals surface area contributed by atoms with E-state index in [9.17, 15) is 13.2 Å². The number of hydrazine groups is 1. The monoisotopic (exact) mass is 303 g/mol. The molecular formula is C11H12F3N5S. The number of thiophene rings is 1. The van der Waals surface area contributed by atoms with Crippen molar-refractivity contribution in [2.75, 3.05) is 17.3 Å². The molecule has 0 atom stereocenters. The summed E-state index contributed by atoms with van der Waals surface area (Å²) in [6.45, 7) is 0.471. The molecule has 5 nitrogen and oxygen atoms in total. The molecule has 0 unspecified atom stereocenters. The van der Waals surface area contributed by atoms with Gasteiger partial charge in [0.05, 0.1) is 0 Å². The second-order valence-electron chi connectivity index (χ2n) is 3.86. The lowest BCUT2D eigenvalue weighted by atomic mass is 10.3. The average molecular weight is 303 g/mol. The molecule has 2 aromatic rings. The van der Waals surface area contributed by atoms with Crippen LogP contribution in [0.5, 0.6) is 0 Å². The number of nitrogen functional groups attached to an aromatic ring is 1. The molecule has 0 aliphatic carbocycles. The van der Waals surface area contributed by atoms with Crippen molar-refractivity contribution in [2.24, 2.45) is 5.84 Å². The van der Waals surface area contributed by atoms with Gasteiger partial charge in [0.15, 0.2) is 0 Å². The Morgan fingerprint density at radius 3 is 2.60 bits per heavy atom. The summed E-state index contributed by atoms with van der Waals surface area (Å²) in [5, 5.41) is 4.77. The van der Waals surface area contributed by atoms with Crippen molar-refractivity contribution in [1.82, 2.24) is 9.97 Å². The van der Waals surface area contributed by atoms with Gasteiger partial charge in [-0.15, -0.1) is 11.3 Å². The molecule has 2 heterocycles. The first-order valence-corrected chi connectivity index (χ1v) is 6.56.